The maximum atomic E-state index is 14.2. The van der Waals surface area contributed by atoms with E-state index in [4.69, 9.17) is 10.1 Å². The number of fused-ring (bicyclic) bond motifs is 5. The molecule has 0 radical (unpaired) electrons. The van der Waals surface area contributed by atoms with E-state index in [-0.39, 0.29) is 29.5 Å². The SMILES string of the molecule is Cc1cnn2c(C(=O)N3[C@@H]4CCC[C@H]3c3nn(C)c(-c5cc(F)c(F)c(F)c5)c3C4)cc(C(C)C)nc12. The van der Waals surface area contributed by atoms with Crippen LogP contribution in [-0.4, -0.2) is 41.2 Å². The molecule has 10 heteroatoms. The van der Waals surface area contributed by atoms with Crippen molar-refractivity contribution in [2.24, 2.45) is 7.05 Å². The third kappa shape index (κ3) is 3.56. The number of aromatic nitrogens is 5. The van der Waals surface area contributed by atoms with Crippen LogP contribution >= 0.6 is 0 Å². The number of rotatable bonds is 3. The van der Waals surface area contributed by atoms with Crippen LogP contribution in [0.25, 0.3) is 16.9 Å². The highest BCUT2D eigenvalue weighted by molar-refractivity contribution is 5.94. The number of nitrogens with zero attached hydrogens (tertiary/aromatic N) is 6. The van der Waals surface area contributed by atoms with Gasteiger partial charge in [-0.2, -0.15) is 10.2 Å². The summed E-state index contributed by atoms with van der Waals surface area (Å²) in [4.78, 5) is 20.8. The molecule has 1 aromatic carbocycles. The molecule has 4 aromatic rings. The first-order chi connectivity index (χ1) is 17.7. The fourth-order valence-corrected chi connectivity index (χ4v) is 5.87. The van der Waals surface area contributed by atoms with Crippen molar-refractivity contribution in [1.29, 1.82) is 0 Å². The van der Waals surface area contributed by atoms with Gasteiger partial charge in [-0.15, -0.1) is 0 Å². The molecule has 7 nitrogen and oxygen atoms in total. The van der Waals surface area contributed by atoms with Crippen LogP contribution in [0.4, 0.5) is 13.2 Å². The van der Waals surface area contributed by atoms with Crippen molar-refractivity contribution in [3.05, 3.63) is 70.1 Å². The molecule has 0 N–H and O–H groups in total. The molecule has 1 fully saturated rings. The molecule has 5 heterocycles. The number of carbonyl (C=O) groups is 1. The summed E-state index contributed by atoms with van der Waals surface area (Å²) in [7, 11) is 1.71. The van der Waals surface area contributed by atoms with Crippen LogP contribution in [0.15, 0.2) is 24.4 Å². The summed E-state index contributed by atoms with van der Waals surface area (Å²) in [6.45, 7) is 6.00. The van der Waals surface area contributed by atoms with Gasteiger partial charge >= 0.3 is 0 Å². The highest BCUT2D eigenvalue weighted by atomic mass is 19.2. The summed E-state index contributed by atoms with van der Waals surface area (Å²) < 4.78 is 45.0. The van der Waals surface area contributed by atoms with Crippen molar-refractivity contribution < 1.29 is 18.0 Å². The summed E-state index contributed by atoms with van der Waals surface area (Å²) in [6.07, 6.45) is 4.66. The van der Waals surface area contributed by atoms with E-state index in [1.54, 1.807) is 22.4 Å². The molecular formula is C27H27F3N6O. The zero-order valence-electron chi connectivity index (χ0n) is 21.1. The second kappa shape index (κ2) is 8.43. The van der Waals surface area contributed by atoms with Gasteiger partial charge in [-0.3, -0.25) is 9.48 Å². The molecule has 3 aromatic heterocycles. The lowest BCUT2D eigenvalue weighted by molar-refractivity contribution is 0.0382. The van der Waals surface area contributed by atoms with Crippen molar-refractivity contribution in [2.75, 3.05) is 0 Å². The number of aryl methyl sites for hydroxylation is 2. The van der Waals surface area contributed by atoms with Crippen molar-refractivity contribution in [3.8, 4) is 11.3 Å². The zero-order chi connectivity index (χ0) is 26.2. The van der Waals surface area contributed by atoms with Crippen LogP contribution in [0.3, 0.4) is 0 Å². The molecule has 2 bridgehead atoms. The van der Waals surface area contributed by atoms with Crippen LogP contribution in [0.5, 0.6) is 0 Å². The highest BCUT2D eigenvalue weighted by Gasteiger charge is 2.44. The van der Waals surface area contributed by atoms with Gasteiger partial charge in [-0.05, 0) is 56.7 Å². The molecule has 0 spiro atoms. The third-order valence-electron chi connectivity index (χ3n) is 7.65. The number of hydrogen-bond donors (Lipinski definition) is 0. The smallest absolute Gasteiger partial charge is 0.273 e. The minimum absolute atomic E-state index is 0.112. The van der Waals surface area contributed by atoms with Gasteiger partial charge in [-0.25, -0.2) is 22.7 Å². The zero-order valence-corrected chi connectivity index (χ0v) is 21.1. The Bertz CT molecular complexity index is 1550. The molecule has 2 atom stereocenters. The second-order valence-electron chi connectivity index (χ2n) is 10.4. The highest BCUT2D eigenvalue weighted by Crippen LogP contribution is 2.45. The van der Waals surface area contributed by atoms with Crippen molar-refractivity contribution >= 4 is 11.6 Å². The Labute approximate surface area is 211 Å². The first-order valence-corrected chi connectivity index (χ1v) is 12.5. The average Bonchev–Trinajstić information content (AvgIpc) is 3.40. The van der Waals surface area contributed by atoms with E-state index < -0.39 is 17.5 Å². The molecule has 37 heavy (non-hydrogen) atoms. The molecule has 0 unspecified atom stereocenters. The normalized spacial score (nSPS) is 19.1. The Morgan fingerprint density at radius 2 is 1.84 bits per heavy atom. The van der Waals surface area contributed by atoms with Gasteiger partial charge in [0.05, 0.1) is 23.6 Å². The van der Waals surface area contributed by atoms with Crippen molar-refractivity contribution in [1.82, 2.24) is 29.3 Å². The van der Waals surface area contributed by atoms with Crippen LogP contribution in [0, 0.1) is 24.4 Å². The van der Waals surface area contributed by atoms with Crippen LogP contribution in [0.2, 0.25) is 0 Å². The van der Waals surface area contributed by atoms with Crippen LogP contribution < -0.4 is 0 Å². The van der Waals surface area contributed by atoms with Gasteiger partial charge < -0.3 is 4.90 Å². The van der Waals surface area contributed by atoms with Gasteiger partial charge in [0.25, 0.3) is 5.91 Å². The summed E-state index contributed by atoms with van der Waals surface area (Å²) in [5.41, 5.74) is 5.19. The van der Waals surface area contributed by atoms with E-state index >= 15 is 0 Å². The Kier molecular flexibility index (Phi) is 5.40. The topological polar surface area (TPSA) is 68.3 Å². The third-order valence-corrected chi connectivity index (χ3v) is 7.65. The maximum Gasteiger partial charge on any atom is 0.273 e. The Morgan fingerprint density at radius 3 is 2.54 bits per heavy atom. The van der Waals surface area contributed by atoms with Crippen LogP contribution in [-0.2, 0) is 13.5 Å². The van der Waals surface area contributed by atoms with Gasteiger partial charge in [0.2, 0.25) is 0 Å². The second-order valence-corrected chi connectivity index (χ2v) is 10.4. The fourth-order valence-electron chi connectivity index (χ4n) is 5.87. The Hall–Kier alpha value is -3.69. The molecule has 0 aliphatic carbocycles. The molecule has 1 amide bonds. The number of carbonyl (C=O) groups excluding carboxylic acids is 1. The van der Waals surface area contributed by atoms with Gasteiger partial charge in [-0.1, -0.05) is 13.8 Å². The standard InChI is InChI=1S/C27H27F3N6O/c1-13(2)20-11-22(36-26(32-20)14(3)12-31-36)27(37)35-16-6-5-7-21(35)24-17(10-16)25(34(4)33-24)15-8-18(28)23(30)19(29)9-15/h8-9,11-13,16,21H,5-7,10H2,1-4H3/t16-,21+/m1/s1. The Morgan fingerprint density at radius 1 is 1.11 bits per heavy atom. The lowest BCUT2D eigenvalue weighted by atomic mass is 9.81. The molecule has 2 aliphatic heterocycles. The van der Waals surface area contributed by atoms with E-state index in [1.807, 2.05) is 31.7 Å². The van der Waals surface area contributed by atoms with Gasteiger partial charge in [0.1, 0.15) is 5.69 Å². The van der Waals surface area contributed by atoms with Crippen molar-refractivity contribution in [2.45, 2.75) is 64.5 Å². The van der Waals surface area contributed by atoms with E-state index in [2.05, 4.69) is 5.10 Å². The summed E-state index contributed by atoms with van der Waals surface area (Å²) in [5, 5.41) is 9.16. The predicted octanol–water partition coefficient (Wildman–Crippen LogP) is 5.27. The quantitative estimate of drug-likeness (QED) is 0.354. The predicted molar refractivity (Wildman–Crippen MR) is 131 cm³/mol. The molecular weight excluding hydrogens is 481 g/mol. The summed E-state index contributed by atoms with van der Waals surface area (Å²) in [5.74, 6) is -3.98. The summed E-state index contributed by atoms with van der Waals surface area (Å²) >= 11 is 0. The number of benzene rings is 1. The minimum atomic E-state index is -1.49. The lowest BCUT2D eigenvalue weighted by Gasteiger charge is -2.45. The molecule has 0 saturated carbocycles. The molecule has 2 aliphatic rings. The lowest BCUT2D eigenvalue weighted by Crippen LogP contribution is -2.50. The maximum absolute atomic E-state index is 14.2. The number of amides is 1. The number of piperidine rings is 1. The minimum Gasteiger partial charge on any atom is -0.325 e. The van der Waals surface area contributed by atoms with Crippen LogP contribution in [0.1, 0.15) is 78.1 Å². The van der Waals surface area contributed by atoms with E-state index in [0.29, 0.717) is 23.5 Å². The number of hydrogen-bond acceptors (Lipinski definition) is 4. The fraction of sp³-hybridized carbons (Fsp3) is 0.407. The summed E-state index contributed by atoms with van der Waals surface area (Å²) in [6, 6.07) is 3.44. The first kappa shape index (κ1) is 23.7. The Balaban J connectivity index is 1.46. The first-order valence-electron chi connectivity index (χ1n) is 12.5. The van der Waals surface area contributed by atoms with Crippen molar-refractivity contribution in [3.63, 3.8) is 0 Å². The average molecular weight is 509 g/mol. The molecule has 1 saturated heterocycles. The van der Waals surface area contributed by atoms with Gasteiger partial charge in [0, 0.05) is 35.5 Å². The van der Waals surface area contributed by atoms with E-state index in [1.165, 1.54) is 0 Å². The molecule has 6 rings (SSSR count). The monoisotopic (exact) mass is 508 g/mol. The largest absolute Gasteiger partial charge is 0.325 e. The van der Waals surface area contributed by atoms with E-state index in [0.717, 1.165) is 53.9 Å². The van der Waals surface area contributed by atoms with Gasteiger partial charge in [0.15, 0.2) is 23.1 Å². The number of halogens is 3. The molecule has 192 valence electrons. The van der Waals surface area contributed by atoms with E-state index in [9.17, 15) is 18.0 Å².